The van der Waals surface area contributed by atoms with Gasteiger partial charge in [0.25, 0.3) is 0 Å². The Morgan fingerprint density at radius 1 is 1.05 bits per heavy atom. The maximum atomic E-state index is 14.4. The number of ether oxygens (including phenoxy) is 1. The van der Waals surface area contributed by atoms with Crippen LogP contribution in [0.25, 0.3) is 16.6 Å². The average molecular weight is 510 g/mol. The van der Waals surface area contributed by atoms with Gasteiger partial charge in [-0.3, -0.25) is 0 Å². The third kappa shape index (κ3) is 4.66. The second-order valence-electron chi connectivity index (χ2n) is 10.5. The molecule has 1 aromatic heterocycles. The van der Waals surface area contributed by atoms with Crippen molar-refractivity contribution in [1.82, 2.24) is 9.78 Å². The molecule has 0 amide bonds. The number of halogens is 3. The predicted molar refractivity (Wildman–Crippen MR) is 139 cm³/mol. The van der Waals surface area contributed by atoms with E-state index in [0.29, 0.717) is 29.0 Å². The monoisotopic (exact) mass is 509 g/mol. The SMILES string of the molecule is Cc1cc(NC[C@@](O)(CC(C)(C)c2cccc3c2OCC3)C(F)(F)F)c2cnn(-c3ccccc3)c2c1. The third-order valence-electron chi connectivity index (χ3n) is 7.11. The van der Waals surface area contributed by atoms with E-state index in [0.717, 1.165) is 28.8 Å². The molecule has 5 rings (SSSR count). The molecular formula is C29H30F3N3O2. The van der Waals surface area contributed by atoms with Crippen molar-refractivity contribution in [3.63, 3.8) is 0 Å². The summed E-state index contributed by atoms with van der Waals surface area (Å²) in [5, 5.41) is 19.2. The van der Waals surface area contributed by atoms with Crippen molar-refractivity contribution in [2.45, 2.75) is 50.8 Å². The molecule has 0 radical (unpaired) electrons. The Balaban J connectivity index is 1.46. The van der Waals surface area contributed by atoms with E-state index < -0.39 is 30.2 Å². The van der Waals surface area contributed by atoms with Gasteiger partial charge in [-0.25, -0.2) is 4.68 Å². The lowest BCUT2D eigenvalue weighted by molar-refractivity contribution is -0.260. The van der Waals surface area contributed by atoms with Gasteiger partial charge in [0.2, 0.25) is 0 Å². The number of aromatic nitrogens is 2. The molecule has 3 aromatic carbocycles. The fourth-order valence-corrected chi connectivity index (χ4v) is 5.27. The number of hydrogen-bond donors (Lipinski definition) is 2. The summed E-state index contributed by atoms with van der Waals surface area (Å²) < 4.78 is 50.7. The Labute approximate surface area is 213 Å². The van der Waals surface area contributed by atoms with Crippen molar-refractivity contribution >= 4 is 16.6 Å². The maximum Gasteiger partial charge on any atom is 0.418 e. The Kier molecular flexibility index (Phi) is 6.18. The highest BCUT2D eigenvalue weighted by Gasteiger charge is 2.56. The molecule has 2 N–H and O–H groups in total. The van der Waals surface area contributed by atoms with Crippen LogP contribution in [0.5, 0.6) is 5.75 Å². The van der Waals surface area contributed by atoms with Crippen molar-refractivity contribution in [3.05, 3.63) is 83.6 Å². The lowest BCUT2D eigenvalue weighted by Crippen LogP contribution is -2.53. The van der Waals surface area contributed by atoms with Gasteiger partial charge in [0.05, 0.1) is 30.6 Å². The van der Waals surface area contributed by atoms with Gasteiger partial charge in [-0.05, 0) is 54.2 Å². The lowest BCUT2D eigenvalue weighted by Gasteiger charge is -2.38. The second-order valence-corrected chi connectivity index (χ2v) is 10.5. The van der Waals surface area contributed by atoms with Crippen LogP contribution in [0.15, 0.2) is 66.9 Å². The fourth-order valence-electron chi connectivity index (χ4n) is 5.27. The van der Waals surface area contributed by atoms with Crippen molar-refractivity contribution < 1.29 is 23.0 Å². The van der Waals surface area contributed by atoms with E-state index in [1.165, 1.54) is 0 Å². The molecule has 0 spiro atoms. The summed E-state index contributed by atoms with van der Waals surface area (Å²) >= 11 is 0. The fraction of sp³-hybridized carbons (Fsp3) is 0.345. The molecule has 5 nitrogen and oxygen atoms in total. The molecule has 1 aliphatic rings. The maximum absolute atomic E-state index is 14.4. The average Bonchev–Trinajstić information content (AvgIpc) is 3.49. The van der Waals surface area contributed by atoms with Gasteiger partial charge >= 0.3 is 6.18 Å². The summed E-state index contributed by atoms with van der Waals surface area (Å²) in [7, 11) is 0. The summed E-state index contributed by atoms with van der Waals surface area (Å²) in [6.45, 7) is 5.12. The van der Waals surface area contributed by atoms with Crippen LogP contribution in [-0.4, -0.2) is 39.8 Å². The first-order chi connectivity index (χ1) is 17.5. The summed E-state index contributed by atoms with van der Waals surface area (Å²) in [4.78, 5) is 0. The largest absolute Gasteiger partial charge is 0.493 e. The molecule has 0 fully saturated rings. The van der Waals surface area contributed by atoms with Crippen LogP contribution in [0, 0.1) is 6.92 Å². The molecule has 37 heavy (non-hydrogen) atoms. The summed E-state index contributed by atoms with van der Waals surface area (Å²) in [5.41, 5.74) is 0.637. The van der Waals surface area contributed by atoms with Gasteiger partial charge < -0.3 is 15.2 Å². The summed E-state index contributed by atoms with van der Waals surface area (Å²) in [5.74, 6) is 0.638. The Hall–Kier alpha value is -3.52. The van der Waals surface area contributed by atoms with Gasteiger partial charge in [0, 0.05) is 23.1 Å². The zero-order valence-electron chi connectivity index (χ0n) is 21.1. The quantitative estimate of drug-likeness (QED) is 0.305. The second kappa shape index (κ2) is 9.10. The number of nitrogens with zero attached hydrogens (tertiary/aromatic N) is 2. The van der Waals surface area contributed by atoms with E-state index >= 15 is 0 Å². The first-order valence-corrected chi connectivity index (χ1v) is 12.3. The van der Waals surface area contributed by atoms with Crippen LogP contribution in [0.1, 0.15) is 37.0 Å². The van der Waals surface area contributed by atoms with E-state index in [1.807, 2.05) is 55.5 Å². The molecule has 1 atom stereocenters. The highest BCUT2D eigenvalue weighted by molar-refractivity contribution is 5.93. The van der Waals surface area contributed by atoms with Crippen molar-refractivity contribution in [2.24, 2.45) is 0 Å². The number of alkyl halides is 3. The number of fused-ring (bicyclic) bond motifs is 2. The number of anilines is 1. The van der Waals surface area contributed by atoms with E-state index in [2.05, 4.69) is 10.4 Å². The number of aryl methyl sites for hydroxylation is 1. The minimum atomic E-state index is -4.85. The molecule has 1 aliphatic heterocycles. The van der Waals surface area contributed by atoms with E-state index in [-0.39, 0.29) is 0 Å². The first-order valence-electron chi connectivity index (χ1n) is 12.3. The summed E-state index contributed by atoms with van der Waals surface area (Å²) in [6.07, 6.45) is -3.03. The van der Waals surface area contributed by atoms with E-state index in [9.17, 15) is 18.3 Å². The zero-order chi connectivity index (χ0) is 26.4. The number of aliphatic hydroxyl groups is 1. The van der Waals surface area contributed by atoms with Crippen LogP contribution in [0.2, 0.25) is 0 Å². The third-order valence-corrected chi connectivity index (χ3v) is 7.11. The molecule has 0 saturated carbocycles. The number of para-hydroxylation sites is 2. The molecule has 4 aromatic rings. The molecule has 0 saturated heterocycles. The minimum Gasteiger partial charge on any atom is -0.493 e. The molecule has 8 heteroatoms. The van der Waals surface area contributed by atoms with Crippen LogP contribution in [0.4, 0.5) is 18.9 Å². The van der Waals surface area contributed by atoms with Gasteiger partial charge in [-0.2, -0.15) is 18.3 Å². The highest BCUT2D eigenvalue weighted by atomic mass is 19.4. The van der Waals surface area contributed by atoms with Crippen LogP contribution in [-0.2, 0) is 11.8 Å². The molecule has 0 aliphatic carbocycles. The van der Waals surface area contributed by atoms with Gasteiger partial charge in [0.1, 0.15) is 5.75 Å². The molecule has 194 valence electrons. The van der Waals surface area contributed by atoms with Gasteiger partial charge in [-0.1, -0.05) is 50.2 Å². The predicted octanol–water partition coefficient (Wildman–Crippen LogP) is 6.34. The molecule has 0 bridgehead atoms. The number of nitrogens with one attached hydrogen (secondary N) is 1. The van der Waals surface area contributed by atoms with E-state index in [4.69, 9.17) is 4.74 Å². The molecular weight excluding hydrogens is 479 g/mol. The zero-order valence-corrected chi connectivity index (χ0v) is 21.1. The van der Waals surface area contributed by atoms with Gasteiger partial charge in [-0.15, -0.1) is 0 Å². The van der Waals surface area contributed by atoms with Crippen LogP contribution in [0.3, 0.4) is 0 Å². The summed E-state index contributed by atoms with van der Waals surface area (Å²) in [6, 6.07) is 18.8. The molecule has 0 unspecified atom stereocenters. The van der Waals surface area contributed by atoms with Gasteiger partial charge in [0.15, 0.2) is 5.60 Å². The number of rotatable bonds is 7. The van der Waals surface area contributed by atoms with Crippen LogP contribution < -0.4 is 10.1 Å². The van der Waals surface area contributed by atoms with E-state index in [1.54, 1.807) is 36.9 Å². The normalized spacial score (nSPS) is 15.3. The molecule has 2 heterocycles. The number of hydrogen-bond acceptors (Lipinski definition) is 4. The smallest absolute Gasteiger partial charge is 0.418 e. The van der Waals surface area contributed by atoms with Crippen molar-refractivity contribution in [1.29, 1.82) is 0 Å². The highest BCUT2D eigenvalue weighted by Crippen LogP contribution is 2.45. The number of benzene rings is 3. The Morgan fingerprint density at radius 3 is 2.54 bits per heavy atom. The van der Waals surface area contributed by atoms with Crippen LogP contribution >= 0.6 is 0 Å². The minimum absolute atomic E-state index is 0.488. The van der Waals surface area contributed by atoms with Crippen molar-refractivity contribution in [3.8, 4) is 11.4 Å². The van der Waals surface area contributed by atoms with Crippen molar-refractivity contribution in [2.75, 3.05) is 18.5 Å². The Bertz CT molecular complexity index is 1430. The topological polar surface area (TPSA) is 59.3 Å². The standard InChI is InChI=1S/C29H30F3N3O2/c1-19-14-24(22-16-34-35(25(22)15-19)21-9-5-4-6-10-21)33-18-28(36,29(30,31)32)17-27(2,3)23-11-7-8-20-12-13-37-26(20)23/h4-11,14-16,33,36H,12-13,17-18H2,1-3H3/t28-/m0/s1. The lowest BCUT2D eigenvalue weighted by atomic mass is 9.74. The Morgan fingerprint density at radius 2 is 1.81 bits per heavy atom. The first kappa shape index (κ1) is 25.1.